The molecule has 2 aliphatic rings. The largest absolute Gasteiger partial charge is 0.385 e. The van der Waals surface area contributed by atoms with E-state index in [4.69, 9.17) is 0 Å². The summed E-state index contributed by atoms with van der Waals surface area (Å²) >= 11 is 0. The Kier molecular flexibility index (Phi) is 4.72. The third kappa shape index (κ3) is 3.53. The average Bonchev–Trinajstić information content (AvgIpc) is 3.01. The molecule has 1 aromatic rings. The number of benzene rings is 1. The van der Waals surface area contributed by atoms with Crippen LogP contribution in [0.2, 0.25) is 0 Å². The minimum atomic E-state index is 0.776. The van der Waals surface area contributed by atoms with Gasteiger partial charge in [-0.05, 0) is 61.8 Å². The van der Waals surface area contributed by atoms with E-state index in [0.29, 0.717) is 0 Å². The molecule has 2 heteroatoms. The number of aryl methyl sites for hydroxylation is 1. The van der Waals surface area contributed by atoms with Crippen molar-refractivity contribution in [1.29, 1.82) is 0 Å². The predicted octanol–water partition coefficient (Wildman–Crippen LogP) is 4.84. The quantitative estimate of drug-likeness (QED) is 0.833. The van der Waals surface area contributed by atoms with Gasteiger partial charge in [0, 0.05) is 30.5 Å². The van der Waals surface area contributed by atoms with Gasteiger partial charge in [-0.15, -0.1) is 0 Å². The highest BCUT2D eigenvalue weighted by Crippen LogP contribution is 2.32. The maximum Gasteiger partial charge on any atom is 0.0374 e. The number of anilines is 2. The van der Waals surface area contributed by atoms with Crippen molar-refractivity contribution in [3.8, 4) is 0 Å². The molecule has 1 heterocycles. The molecule has 1 fully saturated rings. The van der Waals surface area contributed by atoms with Gasteiger partial charge in [0.25, 0.3) is 0 Å². The van der Waals surface area contributed by atoms with E-state index in [1.54, 1.807) is 0 Å². The summed E-state index contributed by atoms with van der Waals surface area (Å²) in [6.45, 7) is 7.02. The van der Waals surface area contributed by atoms with Gasteiger partial charge < -0.3 is 10.2 Å². The van der Waals surface area contributed by atoms with Gasteiger partial charge in [0.1, 0.15) is 0 Å². The molecule has 21 heavy (non-hydrogen) atoms. The Bertz CT molecular complexity index is 461. The summed E-state index contributed by atoms with van der Waals surface area (Å²) in [7, 11) is 0. The van der Waals surface area contributed by atoms with Crippen molar-refractivity contribution in [1.82, 2.24) is 0 Å². The summed E-state index contributed by atoms with van der Waals surface area (Å²) in [6, 6.07) is 7.88. The summed E-state index contributed by atoms with van der Waals surface area (Å²) in [6.07, 6.45) is 9.39. The van der Waals surface area contributed by atoms with Crippen LogP contribution in [0.3, 0.4) is 0 Å². The molecule has 0 bridgehead atoms. The Morgan fingerprint density at radius 1 is 1.19 bits per heavy atom. The molecular formula is C19H30N2. The lowest BCUT2D eigenvalue weighted by Crippen LogP contribution is -2.35. The van der Waals surface area contributed by atoms with Crippen LogP contribution in [0.5, 0.6) is 0 Å². The number of nitrogens with one attached hydrogen (secondary N) is 1. The molecule has 0 radical (unpaired) electrons. The molecule has 1 aromatic carbocycles. The second-order valence-corrected chi connectivity index (χ2v) is 7.19. The van der Waals surface area contributed by atoms with Gasteiger partial charge in [-0.2, -0.15) is 0 Å². The Labute approximate surface area is 129 Å². The Hall–Kier alpha value is -1.18. The third-order valence-electron chi connectivity index (χ3n) is 5.07. The van der Waals surface area contributed by atoms with Gasteiger partial charge in [0.05, 0.1) is 0 Å². The zero-order chi connectivity index (χ0) is 14.7. The van der Waals surface area contributed by atoms with Crippen LogP contribution in [0.4, 0.5) is 11.4 Å². The molecule has 0 saturated heterocycles. The van der Waals surface area contributed by atoms with E-state index in [0.717, 1.165) is 18.5 Å². The first-order chi connectivity index (χ1) is 10.2. The fourth-order valence-corrected chi connectivity index (χ4v) is 3.78. The fourth-order valence-electron chi connectivity index (χ4n) is 3.78. The van der Waals surface area contributed by atoms with Crippen LogP contribution in [0.25, 0.3) is 0 Å². The van der Waals surface area contributed by atoms with E-state index < -0.39 is 0 Å². The maximum atomic E-state index is 3.53. The van der Waals surface area contributed by atoms with E-state index >= 15 is 0 Å². The molecule has 0 atom stereocenters. The number of hydrogen-bond acceptors (Lipinski definition) is 2. The Morgan fingerprint density at radius 3 is 2.76 bits per heavy atom. The highest BCUT2D eigenvalue weighted by atomic mass is 15.2. The summed E-state index contributed by atoms with van der Waals surface area (Å²) < 4.78 is 0. The van der Waals surface area contributed by atoms with E-state index in [9.17, 15) is 0 Å². The smallest absolute Gasteiger partial charge is 0.0374 e. The van der Waals surface area contributed by atoms with Crippen LogP contribution in [-0.2, 0) is 6.42 Å². The standard InChI is InChI=1S/C19H30N2/c1-15(2)11-13-21(17-7-3-4-8-17)18-9-10-19-16(14-18)6-5-12-20-19/h9-10,14-15,17,20H,3-8,11-13H2,1-2H3. The minimum Gasteiger partial charge on any atom is -0.385 e. The Balaban J connectivity index is 1.80. The van der Waals surface area contributed by atoms with Crippen molar-refractivity contribution in [3.63, 3.8) is 0 Å². The SMILES string of the molecule is CC(C)CCN(c1ccc2c(c1)CCCN2)C1CCCC1. The lowest BCUT2D eigenvalue weighted by atomic mass is 10.0. The van der Waals surface area contributed by atoms with E-state index in [1.807, 2.05) is 0 Å². The highest BCUT2D eigenvalue weighted by Gasteiger charge is 2.23. The van der Waals surface area contributed by atoms with E-state index in [2.05, 4.69) is 42.3 Å². The second kappa shape index (κ2) is 6.72. The molecule has 2 nitrogen and oxygen atoms in total. The van der Waals surface area contributed by atoms with Crippen LogP contribution in [-0.4, -0.2) is 19.1 Å². The first kappa shape index (κ1) is 14.7. The molecule has 0 spiro atoms. The van der Waals surface area contributed by atoms with Crippen LogP contribution < -0.4 is 10.2 Å². The van der Waals surface area contributed by atoms with Crippen LogP contribution >= 0.6 is 0 Å². The van der Waals surface area contributed by atoms with Crippen molar-refractivity contribution < 1.29 is 0 Å². The zero-order valence-electron chi connectivity index (χ0n) is 13.7. The first-order valence-electron chi connectivity index (χ1n) is 8.87. The zero-order valence-corrected chi connectivity index (χ0v) is 13.7. The van der Waals surface area contributed by atoms with Crippen molar-refractivity contribution >= 4 is 11.4 Å². The molecule has 1 saturated carbocycles. The molecule has 0 unspecified atom stereocenters. The lowest BCUT2D eigenvalue weighted by molar-refractivity contribution is 0.528. The average molecular weight is 286 g/mol. The van der Waals surface area contributed by atoms with E-state index in [1.165, 1.54) is 68.4 Å². The lowest BCUT2D eigenvalue weighted by Gasteiger charge is -2.33. The van der Waals surface area contributed by atoms with Crippen molar-refractivity contribution in [2.45, 2.75) is 64.8 Å². The summed E-state index contributed by atoms with van der Waals surface area (Å²) in [5.41, 5.74) is 4.34. The van der Waals surface area contributed by atoms with Crippen LogP contribution in [0, 0.1) is 5.92 Å². The maximum absolute atomic E-state index is 3.53. The summed E-state index contributed by atoms with van der Waals surface area (Å²) in [5.74, 6) is 0.785. The summed E-state index contributed by atoms with van der Waals surface area (Å²) in [5, 5.41) is 3.53. The van der Waals surface area contributed by atoms with Gasteiger partial charge in [0.2, 0.25) is 0 Å². The monoisotopic (exact) mass is 286 g/mol. The molecule has 0 aromatic heterocycles. The highest BCUT2D eigenvalue weighted by molar-refractivity contribution is 5.62. The van der Waals surface area contributed by atoms with E-state index in [-0.39, 0.29) is 0 Å². The number of nitrogens with zero attached hydrogens (tertiary/aromatic N) is 1. The molecule has 116 valence electrons. The molecule has 1 aliphatic heterocycles. The van der Waals surface area contributed by atoms with Crippen LogP contribution in [0.15, 0.2) is 18.2 Å². The van der Waals surface area contributed by atoms with Crippen LogP contribution in [0.1, 0.15) is 57.9 Å². The van der Waals surface area contributed by atoms with Gasteiger partial charge in [-0.3, -0.25) is 0 Å². The molecular weight excluding hydrogens is 256 g/mol. The number of hydrogen-bond donors (Lipinski definition) is 1. The fraction of sp³-hybridized carbons (Fsp3) is 0.684. The Morgan fingerprint density at radius 2 is 2.00 bits per heavy atom. The van der Waals surface area contributed by atoms with Gasteiger partial charge >= 0.3 is 0 Å². The van der Waals surface area contributed by atoms with Crippen molar-refractivity contribution in [2.24, 2.45) is 5.92 Å². The summed E-state index contributed by atoms with van der Waals surface area (Å²) in [4.78, 5) is 2.71. The van der Waals surface area contributed by atoms with Gasteiger partial charge in [0.15, 0.2) is 0 Å². The second-order valence-electron chi connectivity index (χ2n) is 7.19. The number of fused-ring (bicyclic) bond motifs is 1. The van der Waals surface area contributed by atoms with Gasteiger partial charge in [-0.25, -0.2) is 0 Å². The normalized spacial score (nSPS) is 18.6. The van der Waals surface area contributed by atoms with Crippen molar-refractivity contribution in [3.05, 3.63) is 23.8 Å². The molecule has 1 N–H and O–H groups in total. The topological polar surface area (TPSA) is 15.3 Å². The molecule has 3 rings (SSSR count). The predicted molar refractivity (Wildman–Crippen MR) is 92.3 cm³/mol. The minimum absolute atomic E-state index is 0.776. The van der Waals surface area contributed by atoms with Gasteiger partial charge in [-0.1, -0.05) is 26.7 Å². The molecule has 0 amide bonds. The van der Waals surface area contributed by atoms with Crippen molar-refractivity contribution in [2.75, 3.05) is 23.3 Å². The molecule has 1 aliphatic carbocycles. The number of rotatable bonds is 5. The third-order valence-corrected chi connectivity index (χ3v) is 5.07. The first-order valence-corrected chi connectivity index (χ1v) is 8.87.